The fourth-order valence-corrected chi connectivity index (χ4v) is 1.52. The average molecular weight is 243 g/mol. The highest BCUT2D eigenvalue weighted by atomic mass is 32.1. The number of nitrogens with zero attached hydrogens (tertiary/aromatic N) is 2. The van der Waals surface area contributed by atoms with Crippen molar-refractivity contribution in [3.05, 3.63) is 11.1 Å². The summed E-state index contributed by atoms with van der Waals surface area (Å²) in [6.07, 6.45) is 2.16. The molecular weight excluding hydrogens is 230 g/mol. The van der Waals surface area contributed by atoms with Crippen molar-refractivity contribution in [3.8, 4) is 0 Å². The Morgan fingerprint density at radius 2 is 2.38 bits per heavy atom. The molecule has 2 N–H and O–H groups in total. The van der Waals surface area contributed by atoms with Gasteiger partial charge in [-0.1, -0.05) is 16.5 Å². The van der Waals surface area contributed by atoms with Gasteiger partial charge in [0.2, 0.25) is 0 Å². The Balaban J connectivity index is 2.56. The van der Waals surface area contributed by atoms with Crippen molar-refractivity contribution in [2.24, 2.45) is 5.16 Å². The van der Waals surface area contributed by atoms with Crippen LogP contribution in [0.4, 0.5) is 9.93 Å². The third-order valence-corrected chi connectivity index (χ3v) is 2.16. The van der Waals surface area contributed by atoms with Crippen molar-refractivity contribution in [2.45, 2.75) is 26.4 Å². The van der Waals surface area contributed by atoms with E-state index >= 15 is 0 Å². The highest BCUT2D eigenvalue weighted by molar-refractivity contribution is 7.17. The number of hydrogen-bond donors (Lipinski definition) is 2. The maximum atomic E-state index is 11.3. The second kappa shape index (κ2) is 4.93. The van der Waals surface area contributed by atoms with Crippen LogP contribution in [0.15, 0.2) is 11.4 Å². The molecule has 0 bridgehead atoms. The molecule has 0 spiro atoms. The van der Waals surface area contributed by atoms with Crippen LogP contribution in [0.3, 0.4) is 0 Å². The van der Waals surface area contributed by atoms with E-state index in [0.29, 0.717) is 10.0 Å². The van der Waals surface area contributed by atoms with Crippen molar-refractivity contribution >= 4 is 28.8 Å². The first kappa shape index (κ1) is 12.4. The van der Waals surface area contributed by atoms with Crippen LogP contribution < -0.4 is 5.32 Å². The van der Waals surface area contributed by atoms with Gasteiger partial charge in [0.15, 0.2) is 5.13 Å². The van der Waals surface area contributed by atoms with Gasteiger partial charge in [-0.25, -0.2) is 9.78 Å². The lowest BCUT2D eigenvalue weighted by Crippen LogP contribution is -2.27. The summed E-state index contributed by atoms with van der Waals surface area (Å²) in [6, 6.07) is 0. The fourth-order valence-electron chi connectivity index (χ4n) is 0.852. The Kier molecular flexibility index (Phi) is 3.83. The predicted octanol–water partition coefficient (Wildman–Crippen LogP) is 2.30. The number of ether oxygens (including phenoxy) is 1. The van der Waals surface area contributed by atoms with Crippen LogP contribution in [-0.4, -0.2) is 28.1 Å². The van der Waals surface area contributed by atoms with Gasteiger partial charge in [-0.3, -0.25) is 5.32 Å². The highest BCUT2D eigenvalue weighted by Crippen LogP contribution is 2.17. The molecule has 6 nitrogen and oxygen atoms in total. The maximum Gasteiger partial charge on any atom is 0.413 e. The summed E-state index contributed by atoms with van der Waals surface area (Å²) in [5.74, 6) is 0. The van der Waals surface area contributed by atoms with Gasteiger partial charge in [0.1, 0.15) is 5.60 Å². The second-order valence-electron chi connectivity index (χ2n) is 3.94. The van der Waals surface area contributed by atoms with Gasteiger partial charge in [-0.05, 0) is 20.8 Å². The van der Waals surface area contributed by atoms with E-state index in [-0.39, 0.29) is 0 Å². The number of nitrogens with one attached hydrogen (secondary N) is 1. The summed E-state index contributed by atoms with van der Waals surface area (Å²) < 4.78 is 5.04. The maximum absolute atomic E-state index is 11.3. The van der Waals surface area contributed by atoms with Crippen molar-refractivity contribution in [3.63, 3.8) is 0 Å². The van der Waals surface area contributed by atoms with E-state index in [4.69, 9.17) is 9.94 Å². The molecule has 1 rings (SSSR count). The molecule has 0 aliphatic carbocycles. The number of hydrogen-bond acceptors (Lipinski definition) is 6. The second-order valence-corrected chi connectivity index (χ2v) is 5.00. The van der Waals surface area contributed by atoms with Gasteiger partial charge in [0, 0.05) is 6.20 Å². The molecule has 0 saturated carbocycles. The largest absolute Gasteiger partial charge is 0.444 e. The molecule has 16 heavy (non-hydrogen) atoms. The van der Waals surface area contributed by atoms with E-state index in [1.165, 1.54) is 23.7 Å². The van der Waals surface area contributed by atoms with Crippen LogP contribution in [-0.2, 0) is 4.74 Å². The molecule has 88 valence electrons. The van der Waals surface area contributed by atoms with Crippen molar-refractivity contribution < 1.29 is 14.7 Å². The molecular formula is C9H13N3O3S. The number of amides is 1. The van der Waals surface area contributed by atoms with E-state index in [2.05, 4.69) is 15.5 Å². The molecule has 0 atom stereocenters. The van der Waals surface area contributed by atoms with Crippen molar-refractivity contribution in [1.29, 1.82) is 0 Å². The molecule has 1 heterocycles. The molecule has 0 unspecified atom stereocenters. The number of oxime groups is 1. The van der Waals surface area contributed by atoms with Gasteiger partial charge in [0.05, 0.1) is 11.1 Å². The van der Waals surface area contributed by atoms with Crippen molar-refractivity contribution in [2.75, 3.05) is 5.32 Å². The quantitative estimate of drug-likeness (QED) is 0.474. The smallest absolute Gasteiger partial charge is 0.413 e. The van der Waals surface area contributed by atoms with E-state index < -0.39 is 11.7 Å². The number of carbonyl (C=O) groups is 1. The first-order chi connectivity index (χ1) is 7.40. The predicted molar refractivity (Wildman–Crippen MR) is 61.4 cm³/mol. The monoisotopic (exact) mass is 243 g/mol. The standard InChI is InChI=1S/C9H13N3O3S/c1-9(2,3)15-8(13)12-7-10-4-6(16-7)5-11-14/h4-5,14H,1-3H3,(H,10,12,13)/b11-5+. The molecule has 1 aromatic rings. The van der Waals surface area contributed by atoms with Crippen LogP contribution in [0.5, 0.6) is 0 Å². The van der Waals surface area contributed by atoms with E-state index in [9.17, 15) is 4.79 Å². The molecule has 0 radical (unpaired) electrons. The Morgan fingerprint density at radius 3 is 2.94 bits per heavy atom. The van der Waals surface area contributed by atoms with Crippen LogP contribution in [0.2, 0.25) is 0 Å². The van der Waals surface area contributed by atoms with Crippen LogP contribution >= 0.6 is 11.3 Å². The highest BCUT2D eigenvalue weighted by Gasteiger charge is 2.17. The summed E-state index contributed by atoms with van der Waals surface area (Å²) >= 11 is 1.18. The van der Waals surface area contributed by atoms with Gasteiger partial charge < -0.3 is 9.94 Å². The summed E-state index contributed by atoms with van der Waals surface area (Å²) in [6.45, 7) is 5.33. The number of rotatable bonds is 2. The molecule has 0 aromatic carbocycles. The Labute approximate surface area is 96.9 Å². The van der Waals surface area contributed by atoms with Gasteiger partial charge in [-0.2, -0.15) is 0 Å². The molecule has 7 heteroatoms. The lowest BCUT2D eigenvalue weighted by Gasteiger charge is -2.18. The van der Waals surface area contributed by atoms with Gasteiger partial charge in [0.25, 0.3) is 0 Å². The average Bonchev–Trinajstić information content (AvgIpc) is 2.49. The zero-order chi connectivity index (χ0) is 12.2. The van der Waals surface area contributed by atoms with Crippen molar-refractivity contribution in [1.82, 2.24) is 4.98 Å². The zero-order valence-corrected chi connectivity index (χ0v) is 10.0. The summed E-state index contributed by atoms with van der Waals surface area (Å²) in [5.41, 5.74) is -0.545. The normalized spacial score (nSPS) is 11.7. The third-order valence-electron chi connectivity index (χ3n) is 1.32. The SMILES string of the molecule is CC(C)(C)OC(=O)Nc1ncc(/C=N/O)s1. The number of anilines is 1. The fraction of sp³-hybridized carbons (Fsp3) is 0.444. The minimum Gasteiger partial charge on any atom is -0.444 e. The third kappa shape index (κ3) is 4.26. The molecule has 0 aliphatic rings. The molecule has 0 saturated heterocycles. The van der Waals surface area contributed by atoms with Crippen LogP contribution in [0.1, 0.15) is 25.6 Å². The Bertz CT molecular complexity index is 395. The zero-order valence-electron chi connectivity index (χ0n) is 9.22. The summed E-state index contributed by atoms with van der Waals surface area (Å²) in [7, 11) is 0. The number of carbonyl (C=O) groups excluding carboxylic acids is 1. The Hall–Kier alpha value is -1.63. The van der Waals surface area contributed by atoms with Gasteiger partial charge in [-0.15, -0.1) is 0 Å². The topological polar surface area (TPSA) is 83.8 Å². The minimum absolute atomic E-state index is 0.393. The van der Waals surface area contributed by atoms with E-state index in [1.54, 1.807) is 20.8 Å². The van der Waals surface area contributed by atoms with E-state index in [0.717, 1.165) is 0 Å². The van der Waals surface area contributed by atoms with E-state index in [1.807, 2.05) is 0 Å². The van der Waals surface area contributed by atoms with Crippen LogP contribution in [0, 0.1) is 0 Å². The molecule has 1 aromatic heterocycles. The molecule has 0 aliphatic heterocycles. The Morgan fingerprint density at radius 1 is 1.69 bits per heavy atom. The number of thiazole rings is 1. The summed E-state index contributed by atoms with van der Waals surface area (Å²) in [4.78, 5) is 15.9. The van der Waals surface area contributed by atoms with Gasteiger partial charge >= 0.3 is 6.09 Å². The first-order valence-corrected chi connectivity index (χ1v) is 5.35. The summed E-state index contributed by atoms with van der Waals surface area (Å²) in [5, 5.41) is 14.0. The first-order valence-electron chi connectivity index (χ1n) is 4.54. The lowest BCUT2D eigenvalue weighted by atomic mass is 10.2. The minimum atomic E-state index is -0.561. The number of aromatic nitrogens is 1. The molecule has 1 amide bonds. The molecule has 0 fully saturated rings. The van der Waals surface area contributed by atoms with Crippen LogP contribution in [0.25, 0.3) is 0 Å². The lowest BCUT2D eigenvalue weighted by molar-refractivity contribution is 0.0636.